The maximum atomic E-state index is 14.1. The Kier molecular flexibility index (Phi) is 9.96. The molecule has 8 heteroatoms. The van der Waals surface area contributed by atoms with E-state index in [4.69, 9.17) is 19.2 Å². The highest BCUT2D eigenvalue weighted by molar-refractivity contribution is 7.22. The van der Waals surface area contributed by atoms with Gasteiger partial charge in [-0.15, -0.1) is 0 Å². The maximum Gasteiger partial charge on any atom is 0.260 e. The molecule has 0 saturated heterocycles. The lowest BCUT2D eigenvalue weighted by molar-refractivity contribution is 0.0982. The lowest BCUT2D eigenvalue weighted by atomic mass is 10.1. The van der Waals surface area contributed by atoms with Gasteiger partial charge >= 0.3 is 0 Å². The van der Waals surface area contributed by atoms with Gasteiger partial charge in [0.25, 0.3) is 5.91 Å². The summed E-state index contributed by atoms with van der Waals surface area (Å²) in [6, 6.07) is 7.74. The van der Waals surface area contributed by atoms with Crippen LogP contribution in [-0.4, -0.2) is 61.8 Å². The van der Waals surface area contributed by atoms with Gasteiger partial charge < -0.3 is 19.1 Å². The van der Waals surface area contributed by atoms with Crippen LogP contribution < -0.4 is 19.1 Å². The Morgan fingerprint density at radius 1 is 0.861 bits per heavy atom. The molecule has 7 nitrogen and oxygen atoms in total. The third-order valence-electron chi connectivity index (χ3n) is 5.98. The Morgan fingerprint density at radius 3 is 2.03 bits per heavy atom. The van der Waals surface area contributed by atoms with Crippen molar-refractivity contribution < 1.29 is 19.0 Å². The standard InChI is InChI=1S/C28H39N3O4S/c1-8-30(9-2)13-14-31(28-29-22-16-19(6)15-20(7)26(22)36-28)27(32)21-17-23(33-10-3)25(35-12-5)24(18-21)34-11-4/h15-18H,8-14H2,1-7H3. The van der Waals surface area contributed by atoms with E-state index in [-0.39, 0.29) is 5.91 Å². The van der Waals surface area contributed by atoms with Gasteiger partial charge in [-0.05, 0) is 77.0 Å². The number of carbonyl (C=O) groups excluding carboxylic acids is 1. The van der Waals surface area contributed by atoms with Crippen LogP contribution in [0.5, 0.6) is 17.2 Å². The van der Waals surface area contributed by atoms with Crippen molar-refractivity contribution in [2.45, 2.75) is 48.5 Å². The summed E-state index contributed by atoms with van der Waals surface area (Å²) in [5.41, 5.74) is 3.73. The van der Waals surface area contributed by atoms with Crippen LogP contribution in [0, 0.1) is 13.8 Å². The van der Waals surface area contributed by atoms with Gasteiger partial charge in [0.1, 0.15) is 0 Å². The third kappa shape index (κ3) is 6.28. The summed E-state index contributed by atoms with van der Waals surface area (Å²) in [5.74, 6) is 1.40. The molecule has 3 aromatic rings. The van der Waals surface area contributed by atoms with E-state index in [0.717, 1.165) is 35.4 Å². The average Bonchev–Trinajstić information content (AvgIpc) is 3.27. The highest BCUT2D eigenvalue weighted by Crippen LogP contribution is 2.40. The number of carbonyl (C=O) groups is 1. The summed E-state index contributed by atoms with van der Waals surface area (Å²) < 4.78 is 18.7. The van der Waals surface area contributed by atoms with Gasteiger partial charge in [0, 0.05) is 18.7 Å². The zero-order chi connectivity index (χ0) is 26.2. The highest BCUT2D eigenvalue weighted by Gasteiger charge is 2.26. The molecule has 2 aromatic carbocycles. The first-order valence-electron chi connectivity index (χ1n) is 12.8. The van der Waals surface area contributed by atoms with E-state index in [1.165, 1.54) is 5.56 Å². The average molecular weight is 514 g/mol. The predicted molar refractivity (Wildman–Crippen MR) is 149 cm³/mol. The number of rotatable bonds is 13. The first-order chi connectivity index (χ1) is 17.4. The first kappa shape index (κ1) is 27.7. The second kappa shape index (κ2) is 12.9. The van der Waals surface area contributed by atoms with Gasteiger partial charge in [-0.3, -0.25) is 9.69 Å². The molecule has 0 bridgehead atoms. The lowest BCUT2D eigenvalue weighted by Crippen LogP contribution is -2.38. The molecule has 0 aliphatic rings. The first-order valence-corrected chi connectivity index (χ1v) is 13.7. The molecule has 0 fully saturated rings. The van der Waals surface area contributed by atoms with E-state index in [9.17, 15) is 4.79 Å². The Balaban J connectivity index is 2.10. The van der Waals surface area contributed by atoms with Gasteiger partial charge in [0.15, 0.2) is 16.6 Å². The minimum absolute atomic E-state index is 0.138. The van der Waals surface area contributed by atoms with Crippen LogP contribution in [0.2, 0.25) is 0 Å². The number of benzene rings is 2. The van der Waals surface area contributed by atoms with Gasteiger partial charge in [0.2, 0.25) is 5.75 Å². The van der Waals surface area contributed by atoms with Crippen molar-refractivity contribution >= 4 is 32.6 Å². The molecule has 0 saturated carbocycles. The fourth-order valence-corrected chi connectivity index (χ4v) is 5.25. The van der Waals surface area contributed by atoms with Crippen LogP contribution in [0.15, 0.2) is 24.3 Å². The zero-order valence-corrected chi connectivity index (χ0v) is 23.5. The van der Waals surface area contributed by atoms with Crippen LogP contribution in [0.4, 0.5) is 5.13 Å². The van der Waals surface area contributed by atoms with E-state index < -0.39 is 0 Å². The molecule has 3 rings (SSSR count). The van der Waals surface area contributed by atoms with Crippen LogP contribution >= 0.6 is 11.3 Å². The van der Waals surface area contributed by atoms with Crippen molar-refractivity contribution in [3.63, 3.8) is 0 Å². The number of hydrogen-bond donors (Lipinski definition) is 0. The van der Waals surface area contributed by atoms with Crippen molar-refractivity contribution in [3.05, 3.63) is 41.0 Å². The Hall–Kier alpha value is -2.84. The monoisotopic (exact) mass is 513 g/mol. The quantitative estimate of drug-likeness (QED) is 0.275. The molecular weight excluding hydrogens is 474 g/mol. The predicted octanol–water partition coefficient (Wildman–Crippen LogP) is 6.10. The highest BCUT2D eigenvalue weighted by atomic mass is 32.1. The van der Waals surface area contributed by atoms with Crippen molar-refractivity contribution in [3.8, 4) is 17.2 Å². The minimum atomic E-state index is -0.138. The lowest BCUT2D eigenvalue weighted by Gasteiger charge is -2.25. The van der Waals surface area contributed by atoms with Crippen molar-refractivity contribution in [2.24, 2.45) is 0 Å². The van der Waals surface area contributed by atoms with Gasteiger partial charge in [-0.2, -0.15) is 0 Å². The summed E-state index contributed by atoms with van der Waals surface area (Å²) in [7, 11) is 0. The summed E-state index contributed by atoms with van der Waals surface area (Å²) in [6.45, 7) is 18.6. The summed E-state index contributed by atoms with van der Waals surface area (Å²) in [4.78, 5) is 23.1. The molecule has 0 aliphatic carbocycles. The molecule has 0 spiro atoms. The number of ether oxygens (including phenoxy) is 3. The SMILES string of the molecule is CCOc1cc(C(=O)N(CCN(CC)CC)c2nc3cc(C)cc(C)c3s2)cc(OCC)c1OCC. The number of amides is 1. The largest absolute Gasteiger partial charge is 0.490 e. The number of fused-ring (bicyclic) bond motifs is 1. The van der Waals surface area contributed by atoms with Crippen molar-refractivity contribution in [1.29, 1.82) is 0 Å². The van der Waals surface area contributed by atoms with Gasteiger partial charge in [-0.25, -0.2) is 4.98 Å². The van der Waals surface area contributed by atoms with Gasteiger partial charge in [-0.1, -0.05) is 31.3 Å². The van der Waals surface area contributed by atoms with E-state index in [0.29, 0.717) is 54.3 Å². The molecule has 1 aromatic heterocycles. The molecular formula is C28H39N3O4S. The smallest absolute Gasteiger partial charge is 0.260 e. The number of aryl methyl sites for hydroxylation is 2. The zero-order valence-electron chi connectivity index (χ0n) is 22.6. The summed E-state index contributed by atoms with van der Waals surface area (Å²) in [6.07, 6.45) is 0. The van der Waals surface area contributed by atoms with Crippen LogP contribution in [-0.2, 0) is 0 Å². The Labute approximate surface area is 219 Å². The molecule has 1 amide bonds. The Bertz CT molecular complexity index is 1150. The summed E-state index contributed by atoms with van der Waals surface area (Å²) in [5, 5.41) is 0.695. The van der Waals surface area contributed by atoms with Crippen molar-refractivity contribution in [1.82, 2.24) is 9.88 Å². The molecule has 196 valence electrons. The van der Waals surface area contributed by atoms with E-state index >= 15 is 0 Å². The van der Waals surface area contributed by atoms with E-state index in [2.05, 4.69) is 44.7 Å². The number of nitrogens with zero attached hydrogens (tertiary/aromatic N) is 3. The maximum absolute atomic E-state index is 14.1. The minimum Gasteiger partial charge on any atom is -0.490 e. The molecule has 0 unspecified atom stereocenters. The van der Waals surface area contributed by atoms with Gasteiger partial charge in [0.05, 0.1) is 30.0 Å². The van der Waals surface area contributed by atoms with Crippen LogP contribution in [0.1, 0.15) is 56.1 Å². The Morgan fingerprint density at radius 2 is 1.47 bits per heavy atom. The molecule has 0 aliphatic heterocycles. The normalized spacial score (nSPS) is 11.2. The molecule has 0 radical (unpaired) electrons. The second-order valence-electron chi connectivity index (χ2n) is 8.51. The third-order valence-corrected chi connectivity index (χ3v) is 7.20. The van der Waals surface area contributed by atoms with E-state index in [1.54, 1.807) is 28.4 Å². The van der Waals surface area contributed by atoms with E-state index in [1.807, 2.05) is 20.8 Å². The van der Waals surface area contributed by atoms with Crippen molar-refractivity contribution in [2.75, 3.05) is 50.9 Å². The number of aromatic nitrogens is 1. The molecule has 0 N–H and O–H groups in total. The van der Waals surface area contributed by atoms with Crippen LogP contribution in [0.3, 0.4) is 0 Å². The second-order valence-corrected chi connectivity index (χ2v) is 9.49. The summed E-state index contributed by atoms with van der Waals surface area (Å²) >= 11 is 1.56. The number of hydrogen-bond acceptors (Lipinski definition) is 7. The topological polar surface area (TPSA) is 64.1 Å². The molecule has 36 heavy (non-hydrogen) atoms. The number of thiazole rings is 1. The fourth-order valence-electron chi connectivity index (χ4n) is 4.21. The molecule has 1 heterocycles. The number of likely N-dealkylation sites (N-methyl/N-ethyl adjacent to an activating group) is 1. The number of anilines is 1. The molecule has 0 atom stereocenters. The van der Waals surface area contributed by atoms with Crippen LogP contribution in [0.25, 0.3) is 10.2 Å². The fraction of sp³-hybridized carbons (Fsp3) is 0.500.